The molecule has 6 heteroatoms. The van der Waals surface area contributed by atoms with Crippen LogP contribution >= 0.6 is 0 Å². The molecule has 0 aliphatic heterocycles. The lowest BCUT2D eigenvalue weighted by molar-refractivity contribution is 0.0689. The second-order valence-corrected chi connectivity index (χ2v) is 4.68. The molecule has 0 aliphatic rings. The van der Waals surface area contributed by atoms with E-state index >= 15 is 0 Å². The van der Waals surface area contributed by atoms with E-state index in [0.29, 0.717) is 31.7 Å². The van der Waals surface area contributed by atoms with Gasteiger partial charge in [0.05, 0.1) is 12.3 Å². The predicted molar refractivity (Wildman–Crippen MR) is 77.5 cm³/mol. The number of ether oxygens (including phenoxy) is 1. The van der Waals surface area contributed by atoms with Gasteiger partial charge >= 0.3 is 5.97 Å². The first-order valence-corrected chi connectivity index (χ1v) is 7.06. The minimum atomic E-state index is -1.03. The monoisotopic (exact) mass is 289 g/mol. The van der Waals surface area contributed by atoms with Gasteiger partial charge in [0.15, 0.2) is 5.69 Å². The molecule has 0 bridgehead atoms. The lowest BCUT2D eigenvalue weighted by atomic mass is 10.2. The number of carbonyl (C=O) groups is 1. The summed E-state index contributed by atoms with van der Waals surface area (Å²) in [4.78, 5) is 11.1. The van der Waals surface area contributed by atoms with Gasteiger partial charge in [0.1, 0.15) is 5.75 Å². The van der Waals surface area contributed by atoms with Crippen molar-refractivity contribution in [2.75, 3.05) is 6.61 Å². The van der Waals surface area contributed by atoms with E-state index in [0.717, 1.165) is 12.2 Å². The molecule has 0 atom stereocenters. The SMILES string of the molecule is CCCn1nnc(C(=O)O)c1CCCOc1ccccc1. The lowest BCUT2D eigenvalue weighted by Crippen LogP contribution is -2.10. The highest BCUT2D eigenvalue weighted by Crippen LogP contribution is 2.12. The minimum absolute atomic E-state index is 0.0446. The summed E-state index contributed by atoms with van der Waals surface area (Å²) in [6.45, 7) is 3.22. The fourth-order valence-electron chi connectivity index (χ4n) is 2.08. The van der Waals surface area contributed by atoms with Crippen molar-refractivity contribution >= 4 is 5.97 Å². The maximum absolute atomic E-state index is 11.1. The number of aryl methyl sites for hydroxylation is 1. The van der Waals surface area contributed by atoms with E-state index in [9.17, 15) is 4.79 Å². The van der Waals surface area contributed by atoms with Crippen LogP contribution in [0, 0.1) is 0 Å². The van der Waals surface area contributed by atoms with Gasteiger partial charge in [0.25, 0.3) is 0 Å². The molecule has 1 aromatic carbocycles. The first kappa shape index (κ1) is 15.0. The van der Waals surface area contributed by atoms with Crippen LogP contribution in [0.1, 0.15) is 35.9 Å². The number of hydrogen-bond donors (Lipinski definition) is 1. The van der Waals surface area contributed by atoms with E-state index in [-0.39, 0.29) is 5.69 Å². The van der Waals surface area contributed by atoms with E-state index in [2.05, 4.69) is 10.3 Å². The van der Waals surface area contributed by atoms with Gasteiger partial charge in [-0.1, -0.05) is 30.3 Å². The smallest absolute Gasteiger partial charge is 0.358 e. The maximum Gasteiger partial charge on any atom is 0.358 e. The van der Waals surface area contributed by atoms with Crippen molar-refractivity contribution in [1.82, 2.24) is 15.0 Å². The van der Waals surface area contributed by atoms with Crippen molar-refractivity contribution in [3.63, 3.8) is 0 Å². The molecular weight excluding hydrogens is 270 g/mol. The van der Waals surface area contributed by atoms with Gasteiger partial charge in [-0.25, -0.2) is 9.48 Å². The normalized spacial score (nSPS) is 10.5. The van der Waals surface area contributed by atoms with Crippen LogP contribution in [0.15, 0.2) is 30.3 Å². The molecule has 0 radical (unpaired) electrons. The molecular formula is C15H19N3O3. The standard InChI is InChI=1S/C15H19N3O3/c1-2-10-18-13(14(15(19)20)16-17-18)9-6-11-21-12-7-4-3-5-8-12/h3-5,7-8H,2,6,9-11H2,1H3,(H,19,20). The first-order valence-electron chi connectivity index (χ1n) is 7.06. The average Bonchev–Trinajstić information content (AvgIpc) is 2.88. The van der Waals surface area contributed by atoms with Crippen LogP contribution in [0.4, 0.5) is 0 Å². The Bertz CT molecular complexity index is 581. The van der Waals surface area contributed by atoms with Crippen molar-refractivity contribution in [2.24, 2.45) is 0 Å². The molecule has 0 aliphatic carbocycles. The second-order valence-electron chi connectivity index (χ2n) is 4.68. The summed E-state index contributed by atoms with van der Waals surface area (Å²) in [7, 11) is 0. The number of carboxylic acids is 1. The quantitative estimate of drug-likeness (QED) is 0.755. The van der Waals surface area contributed by atoms with Gasteiger partial charge in [-0.2, -0.15) is 0 Å². The summed E-state index contributed by atoms with van der Waals surface area (Å²) < 4.78 is 7.28. The van der Waals surface area contributed by atoms with Gasteiger partial charge in [-0.15, -0.1) is 5.10 Å². The van der Waals surface area contributed by atoms with Gasteiger partial charge < -0.3 is 9.84 Å². The molecule has 1 aromatic heterocycles. The number of hydrogen-bond acceptors (Lipinski definition) is 4. The highest BCUT2D eigenvalue weighted by atomic mass is 16.5. The highest BCUT2D eigenvalue weighted by molar-refractivity contribution is 5.86. The molecule has 21 heavy (non-hydrogen) atoms. The average molecular weight is 289 g/mol. The lowest BCUT2D eigenvalue weighted by Gasteiger charge is -2.07. The molecule has 0 fully saturated rings. The van der Waals surface area contributed by atoms with Gasteiger partial charge in [-0.3, -0.25) is 0 Å². The number of benzene rings is 1. The van der Waals surface area contributed by atoms with Crippen molar-refractivity contribution in [3.05, 3.63) is 41.7 Å². The number of aromatic nitrogens is 3. The Morgan fingerprint density at radius 1 is 1.33 bits per heavy atom. The molecule has 0 saturated heterocycles. The van der Waals surface area contributed by atoms with Crippen molar-refractivity contribution in [2.45, 2.75) is 32.7 Å². The Morgan fingerprint density at radius 2 is 2.10 bits per heavy atom. The van der Waals surface area contributed by atoms with E-state index in [1.54, 1.807) is 4.68 Å². The molecule has 0 spiro atoms. The minimum Gasteiger partial charge on any atom is -0.494 e. The van der Waals surface area contributed by atoms with Crippen molar-refractivity contribution in [3.8, 4) is 5.75 Å². The van der Waals surface area contributed by atoms with Crippen molar-refractivity contribution < 1.29 is 14.6 Å². The van der Waals surface area contributed by atoms with E-state index < -0.39 is 5.97 Å². The Hall–Kier alpha value is -2.37. The molecule has 2 aromatic rings. The number of carboxylic acid groups (broad SMARTS) is 1. The summed E-state index contributed by atoms with van der Waals surface area (Å²) >= 11 is 0. The van der Waals surface area contributed by atoms with Crippen LogP contribution in [0.3, 0.4) is 0 Å². The highest BCUT2D eigenvalue weighted by Gasteiger charge is 2.18. The summed E-state index contributed by atoms with van der Waals surface area (Å²) in [5, 5.41) is 16.8. The number of para-hydroxylation sites is 1. The molecule has 2 rings (SSSR count). The van der Waals surface area contributed by atoms with E-state index in [1.165, 1.54) is 0 Å². The number of rotatable bonds is 8. The zero-order valence-electron chi connectivity index (χ0n) is 12.0. The molecule has 0 amide bonds. The predicted octanol–water partition coefficient (Wildman–Crippen LogP) is 2.40. The number of aromatic carboxylic acids is 1. The fourth-order valence-corrected chi connectivity index (χ4v) is 2.08. The second kappa shape index (κ2) is 7.42. The van der Waals surface area contributed by atoms with Crippen LogP contribution in [0.25, 0.3) is 0 Å². The fraction of sp³-hybridized carbons (Fsp3) is 0.400. The first-order chi connectivity index (χ1) is 10.2. The molecule has 1 heterocycles. The Morgan fingerprint density at radius 3 is 2.76 bits per heavy atom. The third-order valence-electron chi connectivity index (χ3n) is 3.05. The number of nitrogens with zero attached hydrogens (tertiary/aromatic N) is 3. The Kier molecular flexibility index (Phi) is 5.31. The topological polar surface area (TPSA) is 77.2 Å². The zero-order chi connectivity index (χ0) is 15.1. The Labute approximate surface area is 123 Å². The molecule has 112 valence electrons. The van der Waals surface area contributed by atoms with Gasteiger partial charge in [0, 0.05) is 6.54 Å². The zero-order valence-corrected chi connectivity index (χ0v) is 12.0. The largest absolute Gasteiger partial charge is 0.494 e. The van der Waals surface area contributed by atoms with Crippen LogP contribution in [-0.4, -0.2) is 32.7 Å². The van der Waals surface area contributed by atoms with Gasteiger partial charge in [0.2, 0.25) is 0 Å². The molecule has 6 nitrogen and oxygen atoms in total. The van der Waals surface area contributed by atoms with Crippen LogP contribution < -0.4 is 4.74 Å². The Balaban J connectivity index is 1.92. The van der Waals surface area contributed by atoms with E-state index in [4.69, 9.17) is 9.84 Å². The maximum atomic E-state index is 11.1. The van der Waals surface area contributed by atoms with Crippen LogP contribution in [0.5, 0.6) is 5.75 Å². The molecule has 1 N–H and O–H groups in total. The van der Waals surface area contributed by atoms with Gasteiger partial charge in [-0.05, 0) is 31.4 Å². The van der Waals surface area contributed by atoms with E-state index in [1.807, 2.05) is 37.3 Å². The molecule has 0 unspecified atom stereocenters. The summed E-state index contributed by atoms with van der Waals surface area (Å²) in [6, 6.07) is 9.55. The summed E-state index contributed by atoms with van der Waals surface area (Å²) in [6.07, 6.45) is 2.18. The summed E-state index contributed by atoms with van der Waals surface area (Å²) in [5.74, 6) is -0.215. The van der Waals surface area contributed by atoms with Crippen LogP contribution in [-0.2, 0) is 13.0 Å². The van der Waals surface area contributed by atoms with Crippen LogP contribution in [0.2, 0.25) is 0 Å². The summed E-state index contributed by atoms with van der Waals surface area (Å²) in [5.41, 5.74) is 0.712. The molecule has 0 saturated carbocycles. The third kappa shape index (κ3) is 4.05. The van der Waals surface area contributed by atoms with Crippen molar-refractivity contribution in [1.29, 1.82) is 0 Å². The third-order valence-corrected chi connectivity index (χ3v) is 3.05.